The van der Waals surface area contributed by atoms with Crippen LogP contribution in [0.5, 0.6) is 11.5 Å². The number of hydrogen-bond donors (Lipinski definition) is 2. The number of halogens is 1. The molecule has 5 heteroatoms. The summed E-state index contributed by atoms with van der Waals surface area (Å²) < 4.78 is 18.6. The molecule has 0 aliphatic carbocycles. The summed E-state index contributed by atoms with van der Waals surface area (Å²) in [4.78, 5) is 11.4. The summed E-state index contributed by atoms with van der Waals surface area (Å²) >= 11 is 0. The Balaban J connectivity index is 2.41. The average molecular weight is 330 g/mol. The first-order valence-electron chi connectivity index (χ1n) is 7.61. The van der Waals surface area contributed by atoms with Gasteiger partial charge in [-0.2, -0.15) is 0 Å². The lowest BCUT2D eigenvalue weighted by Gasteiger charge is -2.14. The van der Waals surface area contributed by atoms with E-state index in [4.69, 9.17) is 4.74 Å². The van der Waals surface area contributed by atoms with Crippen LogP contribution in [0.3, 0.4) is 0 Å². The van der Waals surface area contributed by atoms with Gasteiger partial charge in [0.25, 0.3) is 0 Å². The molecule has 2 aromatic rings. The molecule has 2 N–H and O–H groups in total. The monoisotopic (exact) mass is 330 g/mol. The highest BCUT2D eigenvalue weighted by molar-refractivity contribution is 5.96. The molecular weight excluding hydrogens is 311 g/mol. The number of benzene rings is 2. The fourth-order valence-corrected chi connectivity index (χ4v) is 2.13. The number of rotatable bonds is 6. The van der Waals surface area contributed by atoms with Crippen LogP contribution in [0.25, 0.3) is 12.2 Å². The quantitative estimate of drug-likeness (QED) is 0.761. The van der Waals surface area contributed by atoms with Gasteiger partial charge in [0.2, 0.25) is 0 Å². The van der Waals surface area contributed by atoms with E-state index in [0.29, 0.717) is 16.9 Å². The van der Waals surface area contributed by atoms with E-state index < -0.39 is 5.97 Å². The average Bonchev–Trinajstić information content (AvgIpc) is 2.53. The number of phenols is 1. The fraction of sp³-hybridized carbons (Fsp3) is 0.211. The third-order valence-corrected chi connectivity index (χ3v) is 3.57. The van der Waals surface area contributed by atoms with E-state index in [0.717, 1.165) is 6.42 Å². The molecule has 0 bridgehead atoms. The molecule has 0 heterocycles. The van der Waals surface area contributed by atoms with E-state index in [1.807, 2.05) is 13.8 Å². The molecule has 0 aromatic heterocycles. The zero-order chi connectivity index (χ0) is 17.7. The minimum Gasteiger partial charge on any atom is -0.507 e. The molecule has 0 saturated heterocycles. The lowest BCUT2D eigenvalue weighted by Crippen LogP contribution is -2.10. The zero-order valence-electron chi connectivity index (χ0n) is 13.5. The van der Waals surface area contributed by atoms with Gasteiger partial charge < -0.3 is 14.9 Å². The summed E-state index contributed by atoms with van der Waals surface area (Å²) in [7, 11) is 0. The van der Waals surface area contributed by atoms with Crippen molar-refractivity contribution in [3.8, 4) is 11.5 Å². The molecule has 126 valence electrons. The van der Waals surface area contributed by atoms with Gasteiger partial charge in [0.15, 0.2) is 0 Å². The molecule has 24 heavy (non-hydrogen) atoms. The first kappa shape index (κ1) is 17.5. The SMILES string of the molecule is CCC(C)Oc1cc(O)c(C(=O)O)c(C=Cc2ccc(F)cc2)c1. The largest absolute Gasteiger partial charge is 0.507 e. The normalized spacial score (nSPS) is 12.3. The summed E-state index contributed by atoms with van der Waals surface area (Å²) in [5, 5.41) is 19.3. The third kappa shape index (κ3) is 4.35. The van der Waals surface area contributed by atoms with Gasteiger partial charge in [-0.1, -0.05) is 31.2 Å². The van der Waals surface area contributed by atoms with E-state index in [1.54, 1.807) is 30.4 Å². The second-order valence-electron chi connectivity index (χ2n) is 5.43. The van der Waals surface area contributed by atoms with Crippen molar-refractivity contribution in [1.29, 1.82) is 0 Å². The molecule has 1 unspecified atom stereocenters. The zero-order valence-corrected chi connectivity index (χ0v) is 13.5. The second-order valence-corrected chi connectivity index (χ2v) is 5.43. The molecule has 0 radical (unpaired) electrons. The van der Waals surface area contributed by atoms with Crippen molar-refractivity contribution in [3.05, 3.63) is 58.9 Å². The van der Waals surface area contributed by atoms with Gasteiger partial charge in [0.05, 0.1) is 6.10 Å². The molecular formula is C19H19FO4. The van der Waals surface area contributed by atoms with Crippen molar-refractivity contribution in [3.63, 3.8) is 0 Å². The number of ether oxygens (including phenoxy) is 1. The Morgan fingerprint density at radius 3 is 2.50 bits per heavy atom. The number of carboxylic acids is 1. The maximum absolute atomic E-state index is 12.9. The van der Waals surface area contributed by atoms with Crippen molar-refractivity contribution in [2.24, 2.45) is 0 Å². The highest BCUT2D eigenvalue weighted by Crippen LogP contribution is 2.30. The lowest BCUT2D eigenvalue weighted by molar-refractivity contribution is 0.0693. The van der Waals surface area contributed by atoms with Crippen LogP contribution < -0.4 is 4.74 Å². The van der Waals surface area contributed by atoms with Crippen LogP contribution in [-0.4, -0.2) is 22.3 Å². The van der Waals surface area contributed by atoms with E-state index in [1.165, 1.54) is 18.2 Å². The molecule has 4 nitrogen and oxygen atoms in total. The highest BCUT2D eigenvalue weighted by atomic mass is 19.1. The Bertz CT molecular complexity index is 751. The van der Waals surface area contributed by atoms with Crippen molar-refractivity contribution < 1.29 is 24.1 Å². The molecule has 0 amide bonds. The smallest absolute Gasteiger partial charge is 0.340 e. The van der Waals surface area contributed by atoms with Gasteiger partial charge in [0, 0.05) is 6.07 Å². The Morgan fingerprint density at radius 1 is 1.25 bits per heavy atom. The maximum atomic E-state index is 12.9. The molecule has 0 aliphatic heterocycles. The standard InChI is InChI=1S/C19H19FO4/c1-3-12(2)24-16-10-14(18(19(22)23)17(21)11-16)7-4-13-5-8-15(20)9-6-13/h4-12,21H,3H2,1-2H3,(H,22,23). The molecule has 0 aliphatic rings. The topological polar surface area (TPSA) is 66.8 Å². The predicted octanol–water partition coefficient (Wildman–Crippen LogP) is 4.58. The Morgan fingerprint density at radius 2 is 1.92 bits per heavy atom. The van der Waals surface area contributed by atoms with Gasteiger partial charge in [-0.05, 0) is 42.7 Å². The van der Waals surface area contributed by atoms with Crippen molar-refractivity contribution >= 4 is 18.1 Å². The van der Waals surface area contributed by atoms with Crippen molar-refractivity contribution in [2.45, 2.75) is 26.4 Å². The van der Waals surface area contributed by atoms with E-state index in [-0.39, 0.29) is 23.2 Å². The van der Waals surface area contributed by atoms with E-state index in [9.17, 15) is 19.4 Å². The van der Waals surface area contributed by atoms with Gasteiger partial charge in [-0.25, -0.2) is 9.18 Å². The van der Waals surface area contributed by atoms with Crippen LogP contribution in [0.2, 0.25) is 0 Å². The van der Waals surface area contributed by atoms with Crippen LogP contribution in [0.1, 0.15) is 41.8 Å². The lowest BCUT2D eigenvalue weighted by atomic mass is 10.0. The molecule has 0 saturated carbocycles. The number of carbonyl (C=O) groups is 1. The van der Waals surface area contributed by atoms with Crippen LogP contribution in [-0.2, 0) is 0 Å². The van der Waals surface area contributed by atoms with Crippen LogP contribution in [0.4, 0.5) is 4.39 Å². The first-order valence-corrected chi connectivity index (χ1v) is 7.61. The Kier molecular flexibility index (Phi) is 5.58. The van der Waals surface area contributed by atoms with Gasteiger partial charge >= 0.3 is 5.97 Å². The molecule has 0 spiro atoms. The summed E-state index contributed by atoms with van der Waals surface area (Å²) in [6.07, 6.45) is 3.92. The minimum absolute atomic E-state index is 0.0611. The van der Waals surface area contributed by atoms with E-state index >= 15 is 0 Å². The summed E-state index contributed by atoms with van der Waals surface area (Å²) in [5.74, 6) is -1.55. The van der Waals surface area contributed by atoms with Crippen molar-refractivity contribution in [2.75, 3.05) is 0 Å². The maximum Gasteiger partial charge on any atom is 0.340 e. The van der Waals surface area contributed by atoms with Gasteiger partial charge in [-0.15, -0.1) is 0 Å². The Hall–Kier alpha value is -2.82. The van der Waals surface area contributed by atoms with Crippen LogP contribution >= 0.6 is 0 Å². The Labute approximate surface area is 139 Å². The van der Waals surface area contributed by atoms with E-state index in [2.05, 4.69) is 0 Å². The molecule has 2 aromatic carbocycles. The van der Waals surface area contributed by atoms with Gasteiger partial charge in [-0.3, -0.25) is 0 Å². The molecule has 2 rings (SSSR count). The minimum atomic E-state index is -1.23. The summed E-state index contributed by atoms with van der Waals surface area (Å²) in [6.45, 7) is 3.85. The van der Waals surface area contributed by atoms with Crippen molar-refractivity contribution in [1.82, 2.24) is 0 Å². The summed E-state index contributed by atoms with van der Waals surface area (Å²) in [5.41, 5.74) is 0.815. The van der Waals surface area contributed by atoms with Crippen LogP contribution in [0.15, 0.2) is 36.4 Å². The number of aromatic carboxylic acids is 1. The van der Waals surface area contributed by atoms with Gasteiger partial charge in [0.1, 0.15) is 22.9 Å². The second kappa shape index (κ2) is 7.64. The summed E-state index contributed by atoms with van der Waals surface area (Å²) in [6, 6.07) is 8.65. The highest BCUT2D eigenvalue weighted by Gasteiger charge is 2.16. The predicted molar refractivity (Wildman–Crippen MR) is 90.8 cm³/mol. The molecule has 1 atom stereocenters. The van der Waals surface area contributed by atoms with Crippen LogP contribution in [0, 0.1) is 5.82 Å². The fourth-order valence-electron chi connectivity index (χ4n) is 2.13. The number of aromatic hydroxyl groups is 1. The third-order valence-electron chi connectivity index (χ3n) is 3.57. The number of carboxylic acid groups (broad SMARTS) is 1. The molecule has 0 fully saturated rings. The first-order chi connectivity index (χ1) is 11.4. The number of hydrogen-bond acceptors (Lipinski definition) is 3.